The van der Waals surface area contributed by atoms with Gasteiger partial charge in [0, 0.05) is 0 Å². The van der Waals surface area contributed by atoms with Crippen LogP contribution in [-0.2, 0) is 91.3 Å². The average molecular weight is 1550 g/mol. The molecule has 5 fully saturated rings. The van der Waals surface area contributed by atoms with Gasteiger partial charge in [0.25, 0.3) is 23.6 Å². The smallest absolute Gasteiger partial charge is 0.421 e. The molecule has 14 N–H and O–H groups in total. The van der Waals surface area contributed by atoms with Crippen molar-refractivity contribution in [2.45, 2.75) is 140 Å². The van der Waals surface area contributed by atoms with Crippen molar-refractivity contribution in [3.05, 3.63) is 152 Å². The number of hydrogen-bond acceptors (Lipinski definition) is 23. The fourth-order valence-electron chi connectivity index (χ4n) is 11.2. The zero-order valence-electron chi connectivity index (χ0n) is 55.1. The molecule has 6 aromatic rings. The van der Waals surface area contributed by atoms with E-state index in [9.17, 15) is 121 Å². The topological polar surface area (TPSA) is 517 Å². The molecule has 0 spiro atoms. The van der Waals surface area contributed by atoms with E-state index in [-0.39, 0.29) is 77.2 Å². The number of nitrogens with one attached hydrogen (secondary N) is 6. The summed E-state index contributed by atoms with van der Waals surface area (Å²) in [6.45, 7) is 2.16. The standard InChI is InChI=1S/C18H17F3N2O5S.C16H22N2O5S.C14H20N2O5S.C12H16N2O5S.C2H2N2O3S/c19-18(20,21)17(26,13-4-2-1-3-5-13)9-8-12-6-7-14(15(24)10-12)23-11-16(25)22-29(23,27)28;19-14-10-12(6-9-16(21)7-2-1-3-8-16)4-5-13(14)18-11-15(20)17-24(18,22)23;1-2-3-4-11(17)7-10-5-6-12(13(18)8-10)16-9-14(19)15-22(16,20)21;1-8(15)2-3-9-4-5-10(11(16)6-9)14-7-12(17)13-20(14,18)19;5-1-2(6)4-8(7)3-1/h1-7,10,24,26H,8-9,11H2,(H,22,25);4-5,10,19,21H,1-3,6-9,11H2,(H,17,20);5-6,8,11,17-18H,2-4,7,9H2,1H3,(H,15,19);4-6,8,15-16H,2-3,7H2,1H3,(H,13,17);(H,3,5)(H,4,6). The number of nitrogens with zero attached hydrogens (tertiary/aromatic N) is 4. The molecule has 4 saturated heterocycles. The fraction of sp³-hybridized carbons (Fsp3) is 0.419. The van der Waals surface area contributed by atoms with Crippen LogP contribution in [0.5, 0.6) is 23.0 Å². The van der Waals surface area contributed by atoms with Crippen LogP contribution in [-0.4, -0.2) is 162 Å². The third-order valence-corrected chi connectivity index (χ3v) is 22.8. The first-order chi connectivity index (χ1) is 48.0. The Kier molecular flexibility index (Phi) is 26.5. The molecule has 33 nitrogen and oxygen atoms in total. The number of aromatic hydroxyl groups is 4. The van der Waals surface area contributed by atoms with Crippen LogP contribution in [0.15, 0.2) is 113 Å². The van der Waals surface area contributed by atoms with E-state index in [1.807, 2.05) is 29.8 Å². The number of carbonyl (C=O) groups is 4. The largest absolute Gasteiger partial charge is 0.549 e. The van der Waals surface area contributed by atoms with E-state index < -0.39 is 135 Å². The van der Waals surface area contributed by atoms with E-state index >= 15 is 0 Å². The summed E-state index contributed by atoms with van der Waals surface area (Å²) in [6, 6.07) is 24.1. The summed E-state index contributed by atoms with van der Waals surface area (Å²) >= 11 is -1.68. The first-order valence-electron chi connectivity index (χ1n) is 31.6. The molecule has 0 bridgehead atoms. The van der Waals surface area contributed by atoms with Crippen molar-refractivity contribution < 1.29 is 111 Å². The van der Waals surface area contributed by atoms with Gasteiger partial charge in [-0.25, -0.2) is 36.1 Å². The molecule has 1 aliphatic carbocycles. The highest BCUT2D eigenvalue weighted by molar-refractivity contribution is 7.93. The van der Waals surface area contributed by atoms with Gasteiger partial charge in [-0.15, -0.1) is 8.75 Å². The number of H-pyrrole nitrogens is 2. The molecule has 0 radical (unpaired) electrons. The number of phenols is 4. The summed E-state index contributed by atoms with van der Waals surface area (Å²) in [4.78, 5) is 65.1. The molecule has 1 saturated carbocycles. The number of carbonyl (C=O) groups excluding carboxylic acids is 4. The van der Waals surface area contributed by atoms with Crippen molar-refractivity contribution in [2.75, 3.05) is 43.4 Å². The zero-order valence-corrected chi connectivity index (χ0v) is 59.2. The lowest BCUT2D eigenvalue weighted by atomic mass is 9.81. The maximum absolute atomic E-state index is 13.6. The molecule has 4 aliphatic heterocycles. The minimum atomic E-state index is -4.92. The lowest BCUT2D eigenvalue weighted by Gasteiger charge is -2.32. The Labute approximate surface area is 592 Å². The van der Waals surface area contributed by atoms with Gasteiger partial charge < -0.3 is 45.4 Å². The quantitative estimate of drug-likeness (QED) is 0.0409. The Bertz CT molecular complexity index is 4630. The maximum atomic E-state index is 13.6. The second kappa shape index (κ2) is 33.6. The van der Waals surface area contributed by atoms with Crippen LogP contribution in [0.3, 0.4) is 0 Å². The van der Waals surface area contributed by atoms with Crippen LogP contribution in [0.25, 0.3) is 0 Å². The van der Waals surface area contributed by atoms with E-state index in [4.69, 9.17) is 0 Å². The minimum Gasteiger partial charge on any atom is -0.549 e. The van der Waals surface area contributed by atoms with Gasteiger partial charge in [0.15, 0.2) is 5.60 Å². The number of rotatable bonds is 19. The number of anilines is 4. The van der Waals surface area contributed by atoms with Crippen LogP contribution in [0.2, 0.25) is 0 Å². The average Bonchev–Trinajstić information content (AvgIpc) is 1.68. The van der Waals surface area contributed by atoms with Gasteiger partial charge in [0.1, 0.15) is 60.3 Å². The van der Waals surface area contributed by atoms with Crippen molar-refractivity contribution in [3.63, 3.8) is 0 Å². The third kappa shape index (κ3) is 21.5. The number of hydrogen-bond donors (Lipinski definition) is 14. The summed E-state index contributed by atoms with van der Waals surface area (Å²) in [6.07, 6.45) is 3.33. The molecule has 11 rings (SSSR count). The van der Waals surface area contributed by atoms with Crippen LogP contribution in [0.1, 0.15) is 112 Å². The van der Waals surface area contributed by atoms with Crippen LogP contribution in [0.4, 0.5) is 35.9 Å². The summed E-state index contributed by atoms with van der Waals surface area (Å²) in [5.41, 5.74) is -3.15. The van der Waals surface area contributed by atoms with Gasteiger partial charge >= 0.3 is 58.1 Å². The Morgan fingerprint density at radius 1 is 0.534 bits per heavy atom. The molecule has 4 amide bonds. The number of unbranched alkanes of at least 4 members (excludes halogenated alkanes) is 1. The second-order valence-electron chi connectivity index (χ2n) is 24.5. The highest BCUT2D eigenvalue weighted by Crippen LogP contribution is 2.44. The summed E-state index contributed by atoms with van der Waals surface area (Å²) < 4.78 is 159. The van der Waals surface area contributed by atoms with Gasteiger partial charge in [0.2, 0.25) is 0 Å². The molecular formula is C62H77F3N10O23S5. The molecule has 3 atom stereocenters. The zero-order chi connectivity index (χ0) is 76.2. The number of halogens is 3. The molecule has 5 heterocycles. The monoisotopic (exact) mass is 1550 g/mol. The lowest BCUT2D eigenvalue weighted by Crippen LogP contribution is -2.42. The molecule has 564 valence electrons. The van der Waals surface area contributed by atoms with Crippen LogP contribution in [0, 0.1) is 0 Å². The number of benzene rings is 5. The van der Waals surface area contributed by atoms with Gasteiger partial charge in [-0.3, -0.25) is 28.8 Å². The molecule has 41 heteroatoms. The lowest BCUT2D eigenvalue weighted by molar-refractivity contribution is -0.269. The van der Waals surface area contributed by atoms with Crippen molar-refractivity contribution in [2.24, 2.45) is 0 Å². The Morgan fingerprint density at radius 3 is 1.21 bits per heavy atom. The third-order valence-electron chi connectivity index (χ3n) is 16.5. The SMILES string of the molecule is CC(O)CCc1ccc(N2CC(=O)NS2(=O)=O)c(O)c1.CCCCC(O)Cc1ccc(N2CC(=O)NS2(=O)=O)c(O)c1.O=C1CN(c2ccc(CCC(O)(c3ccccc3)C(F)(F)F)cc2O)S(=O)(=O)N1.O=C1CN(c2ccc(CCC3(O)CCCCC3)cc2O)S(=O)(=O)N1.O=c1[nH][s+]([O-])[nH]c1=O. The molecule has 5 aromatic carbocycles. The predicted molar refractivity (Wildman–Crippen MR) is 367 cm³/mol. The number of alkyl halides is 3. The second-order valence-corrected chi connectivity index (χ2v) is 31.8. The van der Waals surface area contributed by atoms with E-state index in [1.165, 1.54) is 78.9 Å². The molecular weight excluding hydrogens is 1470 g/mol. The van der Waals surface area contributed by atoms with E-state index in [2.05, 4.69) is 0 Å². The molecule has 5 aliphatic rings. The summed E-state index contributed by atoms with van der Waals surface area (Å²) in [5, 5.41) is 80.2. The van der Waals surface area contributed by atoms with E-state index in [0.717, 1.165) is 75.1 Å². The maximum Gasteiger partial charge on any atom is 0.421 e. The van der Waals surface area contributed by atoms with Gasteiger partial charge in [-0.2, -0.15) is 46.8 Å². The normalized spacial score (nSPS) is 18.7. The van der Waals surface area contributed by atoms with E-state index in [0.29, 0.717) is 48.4 Å². The van der Waals surface area contributed by atoms with Gasteiger partial charge in [-0.1, -0.05) is 93.6 Å². The number of aromatic nitrogens is 2. The van der Waals surface area contributed by atoms with Crippen molar-refractivity contribution in [1.82, 2.24) is 27.6 Å². The highest BCUT2D eigenvalue weighted by Gasteiger charge is 2.54. The Morgan fingerprint density at radius 2 is 0.893 bits per heavy atom. The van der Waals surface area contributed by atoms with Crippen molar-refractivity contribution in [1.29, 1.82) is 0 Å². The van der Waals surface area contributed by atoms with E-state index in [1.54, 1.807) is 29.8 Å². The van der Waals surface area contributed by atoms with Crippen molar-refractivity contribution >= 4 is 98.4 Å². The number of aromatic amines is 2. The summed E-state index contributed by atoms with van der Waals surface area (Å²) in [7, 11) is -15.9. The number of aliphatic hydroxyl groups is 4. The highest BCUT2D eigenvalue weighted by atomic mass is 32.2. The predicted octanol–water partition coefficient (Wildman–Crippen LogP) is 2.50. The Balaban J connectivity index is 0.000000187. The van der Waals surface area contributed by atoms with Crippen LogP contribution >= 0.6 is 11.1 Å². The first kappa shape index (κ1) is 81.2. The molecule has 3 unspecified atom stereocenters. The fourth-order valence-corrected chi connectivity index (χ4v) is 16.4. The number of amides is 4. The van der Waals surface area contributed by atoms with Crippen LogP contribution < -0.4 is 47.2 Å². The van der Waals surface area contributed by atoms with Gasteiger partial charge in [-0.05, 0) is 147 Å². The minimum absolute atomic E-state index is 0.0464. The van der Waals surface area contributed by atoms with Gasteiger partial charge in [0.05, 0.1) is 40.6 Å². The molecule has 1 aromatic heterocycles. The number of aryl methyl sites for hydroxylation is 3. The number of phenolic OH excluding ortho intramolecular Hbond substituents is 4. The van der Waals surface area contributed by atoms with Crippen molar-refractivity contribution in [3.8, 4) is 23.0 Å². The first-order valence-corrected chi connectivity index (χ1v) is 38.5. The number of aliphatic hydroxyl groups excluding tert-OH is 2. The summed E-state index contributed by atoms with van der Waals surface area (Å²) in [5.74, 6) is -3.83. The molecule has 103 heavy (non-hydrogen) atoms. The Hall–Kier alpha value is -9.07.